The second kappa shape index (κ2) is 7.97. The Morgan fingerprint density at radius 1 is 1.12 bits per heavy atom. The van der Waals surface area contributed by atoms with Gasteiger partial charge >= 0.3 is 12.1 Å². The summed E-state index contributed by atoms with van der Waals surface area (Å²) in [6.45, 7) is 0. The molecule has 2 aromatic rings. The van der Waals surface area contributed by atoms with E-state index in [0.717, 1.165) is 6.08 Å². The van der Waals surface area contributed by atoms with Gasteiger partial charge in [-0.1, -0.05) is 23.2 Å². The lowest BCUT2D eigenvalue weighted by molar-refractivity contribution is -0.138. The van der Waals surface area contributed by atoms with Crippen molar-refractivity contribution in [2.24, 2.45) is 0 Å². The predicted octanol–water partition coefficient (Wildman–Crippen LogP) is 6.13. The molecule has 0 atom stereocenters. The van der Waals surface area contributed by atoms with Gasteiger partial charge in [0.2, 0.25) is 0 Å². The molecule has 2 aromatic carbocycles. The third-order valence-electron chi connectivity index (χ3n) is 3.11. The van der Waals surface area contributed by atoms with Crippen LogP contribution in [-0.2, 0) is 15.7 Å². The van der Waals surface area contributed by atoms with E-state index >= 15 is 0 Å². The number of hydrogen-bond donors (Lipinski definition) is 0. The van der Waals surface area contributed by atoms with Crippen molar-refractivity contribution < 1.29 is 31.8 Å². The molecule has 0 aliphatic heterocycles. The van der Waals surface area contributed by atoms with Crippen molar-refractivity contribution in [2.75, 3.05) is 7.11 Å². The van der Waals surface area contributed by atoms with Gasteiger partial charge in [-0.2, -0.15) is 13.2 Å². The van der Waals surface area contributed by atoms with Crippen LogP contribution in [0.25, 0.3) is 6.08 Å². The fourth-order valence-electron chi connectivity index (χ4n) is 1.88. The fourth-order valence-corrected chi connectivity index (χ4v) is 2.30. The Balaban J connectivity index is 2.34. The Kier molecular flexibility index (Phi) is 6.15. The molecular formula is C17H10Cl2F4O3. The van der Waals surface area contributed by atoms with E-state index in [1.54, 1.807) is 0 Å². The van der Waals surface area contributed by atoms with E-state index < -0.39 is 34.3 Å². The average Bonchev–Trinajstić information content (AvgIpc) is 2.56. The van der Waals surface area contributed by atoms with Crippen LogP contribution in [0, 0.1) is 5.82 Å². The van der Waals surface area contributed by atoms with Gasteiger partial charge in [-0.3, -0.25) is 0 Å². The minimum absolute atomic E-state index is 0.0551. The smallest absolute Gasteiger partial charge is 0.416 e. The largest absolute Gasteiger partial charge is 0.466 e. The fraction of sp³-hybridized carbons (Fsp3) is 0.118. The molecule has 0 heterocycles. The van der Waals surface area contributed by atoms with Gasteiger partial charge in [0.1, 0.15) is 5.75 Å². The van der Waals surface area contributed by atoms with Crippen molar-refractivity contribution in [3.05, 3.63) is 63.4 Å². The van der Waals surface area contributed by atoms with E-state index in [1.165, 1.54) is 31.4 Å². The van der Waals surface area contributed by atoms with Gasteiger partial charge in [-0.05, 0) is 42.0 Å². The van der Waals surface area contributed by atoms with Gasteiger partial charge in [-0.25, -0.2) is 9.18 Å². The summed E-state index contributed by atoms with van der Waals surface area (Å²) in [6, 6.07) is 4.98. The number of carbonyl (C=O) groups excluding carboxylic acids is 1. The topological polar surface area (TPSA) is 35.5 Å². The molecule has 0 amide bonds. The molecule has 138 valence electrons. The zero-order valence-corrected chi connectivity index (χ0v) is 14.5. The van der Waals surface area contributed by atoms with Gasteiger partial charge in [0.15, 0.2) is 11.6 Å². The second-order valence-corrected chi connectivity index (χ2v) is 5.72. The van der Waals surface area contributed by atoms with E-state index in [2.05, 4.69) is 4.74 Å². The summed E-state index contributed by atoms with van der Waals surface area (Å²) >= 11 is 11.7. The molecule has 2 rings (SSSR count). The summed E-state index contributed by atoms with van der Waals surface area (Å²) in [4.78, 5) is 11.1. The maximum absolute atomic E-state index is 14.0. The maximum Gasteiger partial charge on any atom is 0.416 e. The van der Waals surface area contributed by atoms with Gasteiger partial charge in [-0.15, -0.1) is 0 Å². The minimum atomic E-state index is -4.74. The number of ether oxygens (including phenoxy) is 2. The number of rotatable bonds is 4. The van der Waals surface area contributed by atoms with Gasteiger partial charge in [0.05, 0.1) is 17.7 Å². The van der Waals surface area contributed by atoms with Crippen LogP contribution in [0.1, 0.15) is 11.1 Å². The van der Waals surface area contributed by atoms with Crippen LogP contribution in [0.2, 0.25) is 10.0 Å². The van der Waals surface area contributed by atoms with Crippen LogP contribution < -0.4 is 4.74 Å². The molecule has 0 bridgehead atoms. The number of alkyl halides is 3. The molecule has 0 N–H and O–H groups in total. The van der Waals surface area contributed by atoms with Crippen molar-refractivity contribution in [3.63, 3.8) is 0 Å². The Labute approximate surface area is 155 Å². The standard InChI is InChI=1S/C17H10Cl2F4O3/c1-25-15(24)5-2-9-6-11(3-4-12(9)18)26-16-13(19)7-10(8-14(16)20)17(21,22)23/h2-8H,1H3. The summed E-state index contributed by atoms with van der Waals surface area (Å²) in [5.41, 5.74) is -0.886. The van der Waals surface area contributed by atoms with Crippen LogP contribution in [0.3, 0.4) is 0 Å². The molecular weight excluding hydrogens is 399 g/mol. The quantitative estimate of drug-likeness (QED) is 0.346. The van der Waals surface area contributed by atoms with Crippen molar-refractivity contribution in [3.8, 4) is 11.5 Å². The van der Waals surface area contributed by atoms with Crippen molar-refractivity contribution in [2.45, 2.75) is 6.18 Å². The SMILES string of the molecule is COC(=O)C=Cc1cc(Oc2c(F)cc(C(F)(F)F)cc2Cl)ccc1Cl. The minimum Gasteiger partial charge on any atom is -0.466 e. The van der Waals surface area contributed by atoms with Gasteiger partial charge < -0.3 is 9.47 Å². The lowest BCUT2D eigenvalue weighted by Crippen LogP contribution is -2.06. The highest BCUT2D eigenvalue weighted by Gasteiger charge is 2.32. The van der Waals surface area contributed by atoms with E-state index in [0.29, 0.717) is 11.6 Å². The number of carbonyl (C=O) groups is 1. The molecule has 0 fully saturated rings. The Bertz CT molecular complexity index is 841. The lowest BCUT2D eigenvalue weighted by Gasteiger charge is -2.13. The van der Waals surface area contributed by atoms with Gasteiger partial charge in [0.25, 0.3) is 0 Å². The molecule has 0 aliphatic carbocycles. The van der Waals surface area contributed by atoms with Crippen LogP contribution in [0.4, 0.5) is 17.6 Å². The van der Waals surface area contributed by atoms with E-state index in [1.807, 2.05) is 0 Å². The van der Waals surface area contributed by atoms with Crippen molar-refractivity contribution in [1.82, 2.24) is 0 Å². The number of hydrogen-bond acceptors (Lipinski definition) is 3. The molecule has 0 aliphatic rings. The molecule has 9 heteroatoms. The first-order valence-corrected chi connectivity index (χ1v) is 7.67. The van der Waals surface area contributed by atoms with Crippen LogP contribution in [-0.4, -0.2) is 13.1 Å². The van der Waals surface area contributed by atoms with Crippen LogP contribution >= 0.6 is 23.2 Å². The molecule has 0 unspecified atom stereocenters. The lowest BCUT2D eigenvalue weighted by atomic mass is 10.2. The summed E-state index contributed by atoms with van der Waals surface area (Å²) in [5.74, 6) is -2.40. The molecule has 0 aromatic heterocycles. The van der Waals surface area contributed by atoms with Crippen LogP contribution in [0.15, 0.2) is 36.4 Å². The first kappa shape index (κ1) is 20.1. The summed E-state index contributed by atoms with van der Waals surface area (Å²) < 4.78 is 61.7. The monoisotopic (exact) mass is 408 g/mol. The second-order valence-electron chi connectivity index (χ2n) is 4.91. The first-order valence-electron chi connectivity index (χ1n) is 6.91. The zero-order valence-electron chi connectivity index (χ0n) is 13.0. The molecule has 3 nitrogen and oxygen atoms in total. The zero-order chi connectivity index (χ0) is 19.5. The number of benzene rings is 2. The van der Waals surface area contributed by atoms with Crippen LogP contribution in [0.5, 0.6) is 11.5 Å². The van der Waals surface area contributed by atoms with E-state index in [4.69, 9.17) is 27.9 Å². The van der Waals surface area contributed by atoms with Crippen molar-refractivity contribution >= 4 is 35.2 Å². The number of methoxy groups -OCH3 is 1. The molecule has 0 spiro atoms. The Hall–Kier alpha value is -2.25. The Morgan fingerprint density at radius 3 is 2.38 bits per heavy atom. The highest BCUT2D eigenvalue weighted by atomic mass is 35.5. The number of halogens is 6. The number of esters is 1. The highest BCUT2D eigenvalue weighted by molar-refractivity contribution is 6.32. The average molecular weight is 409 g/mol. The molecule has 0 radical (unpaired) electrons. The first-order chi connectivity index (χ1) is 12.1. The highest BCUT2D eigenvalue weighted by Crippen LogP contribution is 2.39. The molecule has 0 saturated carbocycles. The summed E-state index contributed by atoms with van der Waals surface area (Å²) in [5, 5.41) is -0.282. The normalized spacial score (nSPS) is 11.7. The third kappa shape index (κ3) is 4.89. The molecule has 26 heavy (non-hydrogen) atoms. The maximum atomic E-state index is 14.0. The van der Waals surface area contributed by atoms with E-state index in [-0.39, 0.29) is 16.8 Å². The Morgan fingerprint density at radius 2 is 1.81 bits per heavy atom. The summed E-state index contributed by atoms with van der Waals surface area (Å²) in [7, 11) is 1.20. The van der Waals surface area contributed by atoms with Gasteiger partial charge in [0, 0.05) is 11.1 Å². The molecule has 0 saturated heterocycles. The third-order valence-corrected chi connectivity index (χ3v) is 3.74. The van der Waals surface area contributed by atoms with Crippen molar-refractivity contribution in [1.29, 1.82) is 0 Å². The van der Waals surface area contributed by atoms with E-state index in [9.17, 15) is 22.4 Å². The summed E-state index contributed by atoms with van der Waals surface area (Å²) in [6.07, 6.45) is -2.29. The predicted molar refractivity (Wildman–Crippen MR) is 89.0 cm³/mol.